The molecule has 17 heavy (non-hydrogen) atoms. The second-order valence-corrected chi connectivity index (χ2v) is 5.30. The summed E-state index contributed by atoms with van der Waals surface area (Å²) >= 11 is 0. The Labute approximate surface area is 107 Å². The highest BCUT2D eigenvalue weighted by atomic mass is 15.2. The van der Waals surface area contributed by atoms with Crippen molar-refractivity contribution in [1.29, 1.82) is 5.26 Å². The summed E-state index contributed by atoms with van der Waals surface area (Å²) in [7, 11) is 0. The number of hydrogen-bond acceptors (Lipinski definition) is 2. The van der Waals surface area contributed by atoms with Crippen LogP contribution < -0.4 is 0 Å². The van der Waals surface area contributed by atoms with Crippen LogP contribution in [0.4, 0.5) is 0 Å². The number of unbranched alkanes of at least 4 members (excludes halogenated alkanes) is 6. The molecule has 2 heteroatoms. The lowest BCUT2D eigenvalue weighted by Gasteiger charge is -2.20. The molecule has 2 nitrogen and oxygen atoms in total. The Bertz CT molecular complexity index is 213. The van der Waals surface area contributed by atoms with Gasteiger partial charge in [-0.15, -0.1) is 0 Å². The van der Waals surface area contributed by atoms with Crippen LogP contribution in [0.1, 0.15) is 71.1 Å². The van der Waals surface area contributed by atoms with Crippen molar-refractivity contribution in [3.05, 3.63) is 0 Å². The van der Waals surface area contributed by atoms with Gasteiger partial charge in [0.15, 0.2) is 0 Å². The minimum absolute atomic E-state index is 0.202. The quantitative estimate of drug-likeness (QED) is 0.563. The highest BCUT2D eigenvalue weighted by Gasteiger charge is 2.20. The Kier molecular flexibility index (Phi) is 8.09. The molecular formula is C15H28N2. The number of nitrogens with zero attached hydrogens (tertiary/aromatic N) is 2. The molecule has 0 saturated carbocycles. The summed E-state index contributed by atoms with van der Waals surface area (Å²) in [4.78, 5) is 2.37. The van der Waals surface area contributed by atoms with E-state index >= 15 is 0 Å². The molecular weight excluding hydrogens is 208 g/mol. The van der Waals surface area contributed by atoms with E-state index in [1.807, 2.05) is 0 Å². The average molecular weight is 236 g/mol. The summed E-state index contributed by atoms with van der Waals surface area (Å²) in [5.74, 6) is 0. The van der Waals surface area contributed by atoms with E-state index in [-0.39, 0.29) is 6.04 Å². The van der Waals surface area contributed by atoms with Crippen molar-refractivity contribution in [3.63, 3.8) is 0 Å². The number of nitriles is 1. The van der Waals surface area contributed by atoms with Crippen molar-refractivity contribution in [2.75, 3.05) is 13.1 Å². The number of likely N-dealkylation sites (tertiary alicyclic amines) is 1. The molecule has 0 amide bonds. The molecule has 98 valence electrons. The van der Waals surface area contributed by atoms with Gasteiger partial charge in [-0.2, -0.15) is 5.26 Å². The summed E-state index contributed by atoms with van der Waals surface area (Å²) < 4.78 is 0. The second kappa shape index (κ2) is 9.48. The minimum atomic E-state index is 0.202. The summed E-state index contributed by atoms with van der Waals surface area (Å²) in [6, 6.07) is 2.68. The van der Waals surface area contributed by atoms with Crippen LogP contribution in [0.3, 0.4) is 0 Å². The molecule has 0 bridgehead atoms. The fraction of sp³-hybridized carbons (Fsp3) is 0.933. The number of rotatable bonds is 9. The second-order valence-electron chi connectivity index (χ2n) is 5.30. The summed E-state index contributed by atoms with van der Waals surface area (Å²) in [5.41, 5.74) is 0. The third kappa shape index (κ3) is 6.07. The van der Waals surface area contributed by atoms with Crippen molar-refractivity contribution < 1.29 is 0 Å². The van der Waals surface area contributed by atoms with Gasteiger partial charge >= 0.3 is 0 Å². The van der Waals surface area contributed by atoms with Gasteiger partial charge in [-0.25, -0.2) is 0 Å². The van der Waals surface area contributed by atoms with Gasteiger partial charge in [0, 0.05) is 0 Å². The van der Waals surface area contributed by atoms with Crippen LogP contribution in [-0.4, -0.2) is 24.0 Å². The largest absolute Gasteiger partial charge is 0.288 e. The van der Waals surface area contributed by atoms with Crippen LogP contribution >= 0.6 is 0 Å². The van der Waals surface area contributed by atoms with Crippen molar-refractivity contribution >= 4 is 0 Å². The smallest absolute Gasteiger partial charge is 0.0977 e. The first kappa shape index (κ1) is 14.5. The van der Waals surface area contributed by atoms with E-state index < -0.39 is 0 Å². The van der Waals surface area contributed by atoms with Crippen LogP contribution in [0.25, 0.3) is 0 Å². The standard InChI is InChI=1S/C15H28N2/c1-2-3-4-5-6-7-8-11-15(14-16)17-12-9-10-13-17/h15H,2-13H2,1H3. The molecule has 1 saturated heterocycles. The lowest BCUT2D eigenvalue weighted by atomic mass is 10.1. The third-order valence-electron chi connectivity index (χ3n) is 3.81. The Morgan fingerprint density at radius 1 is 1.00 bits per heavy atom. The van der Waals surface area contributed by atoms with Crippen LogP contribution in [0.5, 0.6) is 0 Å². The van der Waals surface area contributed by atoms with Crippen molar-refractivity contribution in [3.8, 4) is 6.07 Å². The molecule has 0 aromatic carbocycles. The molecule has 0 radical (unpaired) electrons. The molecule has 1 fully saturated rings. The van der Waals surface area contributed by atoms with Crippen LogP contribution in [0, 0.1) is 11.3 Å². The van der Waals surface area contributed by atoms with Gasteiger partial charge in [0.2, 0.25) is 0 Å². The van der Waals surface area contributed by atoms with Gasteiger partial charge < -0.3 is 0 Å². The zero-order chi connectivity index (χ0) is 12.3. The lowest BCUT2D eigenvalue weighted by Crippen LogP contribution is -2.31. The highest BCUT2D eigenvalue weighted by molar-refractivity contribution is 4.93. The molecule has 0 aliphatic carbocycles. The monoisotopic (exact) mass is 236 g/mol. The first-order chi connectivity index (χ1) is 8.38. The molecule has 1 rings (SSSR count). The minimum Gasteiger partial charge on any atom is -0.288 e. The Morgan fingerprint density at radius 3 is 2.18 bits per heavy atom. The Morgan fingerprint density at radius 2 is 1.59 bits per heavy atom. The van der Waals surface area contributed by atoms with E-state index in [4.69, 9.17) is 5.26 Å². The zero-order valence-corrected chi connectivity index (χ0v) is 11.5. The molecule has 1 aliphatic rings. The van der Waals surface area contributed by atoms with Crippen molar-refractivity contribution in [2.45, 2.75) is 77.2 Å². The third-order valence-corrected chi connectivity index (χ3v) is 3.81. The van der Waals surface area contributed by atoms with Gasteiger partial charge in [-0.1, -0.05) is 51.9 Å². The maximum absolute atomic E-state index is 9.17. The molecule has 0 N–H and O–H groups in total. The summed E-state index contributed by atoms with van der Waals surface area (Å²) in [6.45, 7) is 4.55. The first-order valence-corrected chi connectivity index (χ1v) is 7.52. The van der Waals surface area contributed by atoms with Crippen LogP contribution in [0.15, 0.2) is 0 Å². The predicted molar refractivity (Wildman–Crippen MR) is 72.8 cm³/mol. The topological polar surface area (TPSA) is 27.0 Å². The molecule has 1 unspecified atom stereocenters. The highest BCUT2D eigenvalue weighted by Crippen LogP contribution is 2.17. The fourth-order valence-electron chi connectivity index (χ4n) is 2.68. The molecule has 1 aliphatic heterocycles. The van der Waals surface area contributed by atoms with E-state index in [2.05, 4.69) is 17.9 Å². The van der Waals surface area contributed by atoms with Gasteiger partial charge in [-0.05, 0) is 32.4 Å². The fourth-order valence-corrected chi connectivity index (χ4v) is 2.68. The van der Waals surface area contributed by atoms with Gasteiger partial charge in [0.05, 0.1) is 12.1 Å². The first-order valence-electron chi connectivity index (χ1n) is 7.52. The summed E-state index contributed by atoms with van der Waals surface area (Å²) in [6.07, 6.45) is 13.1. The lowest BCUT2D eigenvalue weighted by molar-refractivity contribution is 0.272. The predicted octanol–water partition coefficient (Wildman–Crippen LogP) is 4.12. The van der Waals surface area contributed by atoms with E-state index in [1.54, 1.807) is 0 Å². The zero-order valence-electron chi connectivity index (χ0n) is 11.5. The SMILES string of the molecule is CCCCCCCCCC(C#N)N1CCCC1. The average Bonchev–Trinajstić information content (AvgIpc) is 2.86. The van der Waals surface area contributed by atoms with Crippen LogP contribution in [-0.2, 0) is 0 Å². The molecule has 0 aromatic heterocycles. The van der Waals surface area contributed by atoms with E-state index in [9.17, 15) is 0 Å². The Balaban J connectivity index is 1.98. The van der Waals surface area contributed by atoms with Gasteiger partial charge in [-0.3, -0.25) is 4.90 Å². The maximum atomic E-state index is 9.17. The maximum Gasteiger partial charge on any atom is 0.0977 e. The normalized spacial score (nSPS) is 18.1. The summed E-state index contributed by atoms with van der Waals surface area (Å²) in [5, 5.41) is 9.17. The molecule has 0 aromatic rings. The van der Waals surface area contributed by atoms with Crippen molar-refractivity contribution in [1.82, 2.24) is 4.90 Å². The van der Waals surface area contributed by atoms with Crippen LogP contribution in [0.2, 0.25) is 0 Å². The van der Waals surface area contributed by atoms with E-state index in [0.29, 0.717) is 0 Å². The van der Waals surface area contributed by atoms with E-state index in [0.717, 1.165) is 19.5 Å². The molecule has 1 heterocycles. The Hall–Kier alpha value is -0.550. The van der Waals surface area contributed by atoms with Gasteiger partial charge in [0.25, 0.3) is 0 Å². The van der Waals surface area contributed by atoms with Crippen molar-refractivity contribution in [2.24, 2.45) is 0 Å². The molecule has 0 spiro atoms. The van der Waals surface area contributed by atoms with Gasteiger partial charge in [0.1, 0.15) is 0 Å². The number of hydrogen-bond donors (Lipinski definition) is 0. The molecule has 1 atom stereocenters. The van der Waals surface area contributed by atoms with E-state index in [1.165, 1.54) is 57.8 Å².